The second-order valence-electron chi connectivity index (χ2n) is 4.18. The van der Waals surface area contributed by atoms with Crippen molar-refractivity contribution >= 4 is 5.91 Å². The van der Waals surface area contributed by atoms with Gasteiger partial charge in [-0.05, 0) is 44.0 Å². The molecule has 0 atom stereocenters. The van der Waals surface area contributed by atoms with E-state index in [9.17, 15) is 4.79 Å². The van der Waals surface area contributed by atoms with Gasteiger partial charge in [-0.15, -0.1) is 0 Å². The first-order valence-corrected chi connectivity index (χ1v) is 5.89. The van der Waals surface area contributed by atoms with Crippen LogP contribution in [0.15, 0.2) is 24.5 Å². The van der Waals surface area contributed by atoms with Gasteiger partial charge in [0.1, 0.15) is 0 Å². The van der Waals surface area contributed by atoms with Crippen molar-refractivity contribution in [2.24, 2.45) is 5.92 Å². The van der Waals surface area contributed by atoms with Crippen LogP contribution in [-0.4, -0.2) is 30.6 Å². The van der Waals surface area contributed by atoms with Gasteiger partial charge >= 0.3 is 0 Å². The van der Waals surface area contributed by atoms with Crippen molar-refractivity contribution in [3.05, 3.63) is 30.1 Å². The van der Waals surface area contributed by atoms with E-state index < -0.39 is 0 Å². The number of nitrogens with one attached hydrogen (secondary N) is 2. The van der Waals surface area contributed by atoms with Crippen LogP contribution < -0.4 is 10.8 Å². The van der Waals surface area contributed by atoms with Crippen LogP contribution in [0.3, 0.4) is 0 Å². The predicted octanol–water partition coefficient (Wildman–Crippen LogP) is 0.743. The number of amides is 1. The normalized spacial score (nSPS) is 16.7. The molecule has 5 nitrogen and oxygen atoms in total. The minimum absolute atomic E-state index is 0.243. The van der Waals surface area contributed by atoms with E-state index in [1.54, 1.807) is 18.3 Å². The maximum Gasteiger partial charge on any atom is 0.276 e. The lowest BCUT2D eigenvalue weighted by atomic mass is 10.00. The molecular formula is C12H17N3O2. The number of nitrogens with zero attached hydrogens (tertiary/aromatic N) is 1. The molecule has 0 aromatic carbocycles. The smallest absolute Gasteiger partial charge is 0.276 e. The van der Waals surface area contributed by atoms with Crippen molar-refractivity contribution in [2.45, 2.75) is 12.8 Å². The van der Waals surface area contributed by atoms with Crippen LogP contribution in [0.2, 0.25) is 0 Å². The molecule has 1 amide bonds. The largest absolute Gasteiger partial charge is 0.317 e. The summed E-state index contributed by atoms with van der Waals surface area (Å²) in [6.45, 7) is 2.64. The summed E-state index contributed by atoms with van der Waals surface area (Å²) in [4.78, 5) is 20.7. The zero-order valence-electron chi connectivity index (χ0n) is 9.69. The Hall–Kier alpha value is -1.46. The second kappa shape index (κ2) is 6.32. The minimum atomic E-state index is -0.243. The highest BCUT2D eigenvalue weighted by Crippen LogP contribution is 2.10. The Morgan fingerprint density at radius 2 is 2.35 bits per heavy atom. The quantitative estimate of drug-likeness (QED) is 0.756. The Morgan fingerprint density at radius 3 is 3.06 bits per heavy atom. The number of hydroxylamine groups is 1. The molecule has 0 spiro atoms. The Balaban J connectivity index is 1.69. The molecule has 1 fully saturated rings. The summed E-state index contributed by atoms with van der Waals surface area (Å²) in [6.07, 6.45) is 5.35. The first-order valence-electron chi connectivity index (χ1n) is 5.89. The number of aromatic nitrogens is 1. The van der Waals surface area contributed by atoms with Crippen LogP contribution in [0.1, 0.15) is 23.2 Å². The number of hydrogen-bond acceptors (Lipinski definition) is 4. The first-order chi connectivity index (χ1) is 8.36. The maximum absolute atomic E-state index is 11.6. The molecule has 1 aromatic rings. The molecule has 2 N–H and O–H groups in total. The number of carbonyl (C=O) groups excluding carboxylic acids is 1. The molecule has 0 saturated carbocycles. The average Bonchev–Trinajstić information content (AvgIpc) is 2.41. The third kappa shape index (κ3) is 3.80. The zero-order chi connectivity index (χ0) is 11.9. The van der Waals surface area contributed by atoms with Gasteiger partial charge in [-0.3, -0.25) is 14.6 Å². The van der Waals surface area contributed by atoms with Gasteiger partial charge in [0, 0.05) is 12.4 Å². The van der Waals surface area contributed by atoms with Gasteiger partial charge in [0.15, 0.2) is 0 Å². The summed E-state index contributed by atoms with van der Waals surface area (Å²) in [6, 6.07) is 3.43. The monoisotopic (exact) mass is 235 g/mol. The lowest BCUT2D eigenvalue weighted by Crippen LogP contribution is -2.33. The zero-order valence-corrected chi connectivity index (χ0v) is 9.69. The molecule has 0 unspecified atom stereocenters. The molecule has 0 radical (unpaired) electrons. The molecule has 92 valence electrons. The maximum atomic E-state index is 11.6. The fourth-order valence-corrected chi connectivity index (χ4v) is 1.83. The number of pyridine rings is 1. The van der Waals surface area contributed by atoms with Crippen LogP contribution in [0, 0.1) is 5.92 Å². The van der Waals surface area contributed by atoms with Gasteiger partial charge in [-0.2, -0.15) is 0 Å². The summed E-state index contributed by atoms with van der Waals surface area (Å²) in [5.41, 5.74) is 2.96. The van der Waals surface area contributed by atoms with E-state index in [0.717, 1.165) is 25.9 Å². The predicted molar refractivity (Wildman–Crippen MR) is 63.2 cm³/mol. The van der Waals surface area contributed by atoms with E-state index in [1.165, 1.54) is 6.20 Å². The Bertz CT molecular complexity index is 350. The fourth-order valence-electron chi connectivity index (χ4n) is 1.83. The number of hydrogen-bond donors (Lipinski definition) is 2. The fraction of sp³-hybridized carbons (Fsp3) is 0.500. The Labute approximate surface area is 101 Å². The SMILES string of the molecule is O=C(NOCC1CCNCC1)c1cccnc1. The van der Waals surface area contributed by atoms with Crippen molar-refractivity contribution in [2.75, 3.05) is 19.7 Å². The van der Waals surface area contributed by atoms with E-state index in [2.05, 4.69) is 15.8 Å². The van der Waals surface area contributed by atoms with E-state index >= 15 is 0 Å². The topological polar surface area (TPSA) is 63.2 Å². The van der Waals surface area contributed by atoms with Crippen LogP contribution in [0.25, 0.3) is 0 Å². The Kier molecular flexibility index (Phi) is 4.46. The first kappa shape index (κ1) is 12.0. The molecule has 1 saturated heterocycles. The van der Waals surface area contributed by atoms with Crippen molar-refractivity contribution in [3.8, 4) is 0 Å². The van der Waals surface area contributed by atoms with Crippen LogP contribution >= 0.6 is 0 Å². The molecule has 2 rings (SSSR count). The van der Waals surface area contributed by atoms with Crippen molar-refractivity contribution in [1.29, 1.82) is 0 Å². The van der Waals surface area contributed by atoms with Crippen molar-refractivity contribution < 1.29 is 9.63 Å². The van der Waals surface area contributed by atoms with E-state index in [4.69, 9.17) is 4.84 Å². The van der Waals surface area contributed by atoms with E-state index in [0.29, 0.717) is 18.1 Å². The Morgan fingerprint density at radius 1 is 1.53 bits per heavy atom. The molecule has 1 aliphatic rings. The third-order valence-corrected chi connectivity index (χ3v) is 2.87. The van der Waals surface area contributed by atoms with E-state index in [-0.39, 0.29) is 5.91 Å². The highest BCUT2D eigenvalue weighted by Gasteiger charge is 2.13. The van der Waals surface area contributed by atoms with Crippen LogP contribution in [-0.2, 0) is 4.84 Å². The lowest BCUT2D eigenvalue weighted by molar-refractivity contribution is 0.0117. The minimum Gasteiger partial charge on any atom is -0.317 e. The van der Waals surface area contributed by atoms with Crippen molar-refractivity contribution in [1.82, 2.24) is 15.8 Å². The van der Waals surface area contributed by atoms with Gasteiger partial charge in [-0.25, -0.2) is 5.48 Å². The molecule has 17 heavy (non-hydrogen) atoms. The molecular weight excluding hydrogens is 218 g/mol. The summed E-state index contributed by atoms with van der Waals surface area (Å²) in [5, 5.41) is 3.29. The molecule has 5 heteroatoms. The van der Waals surface area contributed by atoms with Gasteiger partial charge in [-0.1, -0.05) is 0 Å². The van der Waals surface area contributed by atoms with Crippen molar-refractivity contribution in [3.63, 3.8) is 0 Å². The van der Waals surface area contributed by atoms with Gasteiger partial charge in [0.25, 0.3) is 5.91 Å². The number of rotatable bonds is 4. The van der Waals surface area contributed by atoms with E-state index in [1.807, 2.05) is 0 Å². The average molecular weight is 235 g/mol. The number of carbonyl (C=O) groups is 1. The third-order valence-electron chi connectivity index (χ3n) is 2.87. The molecule has 1 aromatic heterocycles. The summed E-state index contributed by atoms with van der Waals surface area (Å²) in [7, 11) is 0. The molecule has 0 bridgehead atoms. The van der Waals surface area contributed by atoms with Gasteiger partial charge in [0.2, 0.25) is 0 Å². The highest BCUT2D eigenvalue weighted by molar-refractivity contribution is 5.92. The summed E-state index contributed by atoms with van der Waals surface area (Å²) in [5.74, 6) is 0.289. The summed E-state index contributed by atoms with van der Waals surface area (Å²) < 4.78 is 0. The second-order valence-corrected chi connectivity index (χ2v) is 4.18. The van der Waals surface area contributed by atoms with Gasteiger partial charge < -0.3 is 5.32 Å². The molecule has 1 aliphatic heterocycles. The lowest BCUT2D eigenvalue weighted by Gasteiger charge is -2.21. The van der Waals surface area contributed by atoms with Crippen LogP contribution in [0.4, 0.5) is 0 Å². The molecule has 0 aliphatic carbocycles. The highest BCUT2D eigenvalue weighted by atomic mass is 16.6. The standard InChI is InChI=1S/C12H17N3O2/c16-12(11-2-1-5-14-8-11)15-17-9-10-3-6-13-7-4-10/h1-2,5,8,10,13H,3-4,6-7,9H2,(H,15,16). The molecule has 2 heterocycles. The van der Waals surface area contributed by atoms with Crippen LogP contribution in [0.5, 0.6) is 0 Å². The van der Waals surface area contributed by atoms with Gasteiger partial charge in [0.05, 0.1) is 12.2 Å². The number of piperidine rings is 1. The summed E-state index contributed by atoms with van der Waals surface area (Å²) >= 11 is 0.